The van der Waals surface area contributed by atoms with Crippen LogP contribution in [0.4, 0.5) is 11.4 Å². The molecule has 0 unspecified atom stereocenters. The van der Waals surface area contributed by atoms with E-state index in [0.29, 0.717) is 28.9 Å². The molecular weight excluding hydrogens is 368 g/mol. The molecule has 2 aliphatic heterocycles. The van der Waals surface area contributed by atoms with Crippen LogP contribution in [-0.4, -0.2) is 23.6 Å². The van der Waals surface area contributed by atoms with Crippen molar-refractivity contribution in [2.24, 2.45) is 0 Å². The van der Waals surface area contributed by atoms with Crippen LogP contribution in [0.2, 0.25) is 0 Å². The van der Waals surface area contributed by atoms with Gasteiger partial charge in [-0.2, -0.15) is 0 Å². The Labute approximate surface area is 167 Å². The summed E-state index contributed by atoms with van der Waals surface area (Å²) in [5, 5.41) is 0. The molecule has 144 valence electrons. The second kappa shape index (κ2) is 6.98. The predicted molar refractivity (Wildman–Crippen MR) is 108 cm³/mol. The molecule has 2 aromatic rings. The Morgan fingerprint density at radius 2 is 0.931 bits per heavy atom. The Morgan fingerprint density at radius 1 is 0.586 bits per heavy atom. The van der Waals surface area contributed by atoms with Crippen LogP contribution in [0.3, 0.4) is 0 Å². The van der Waals surface area contributed by atoms with E-state index in [1.807, 2.05) is 24.3 Å². The fourth-order valence-electron chi connectivity index (χ4n) is 3.43. The smallest absolute Gasteiger partial charge is 0.261 e. The zero-order valence-electron chi connectivity index (χ0n) is 16.0. The minimum absolute atomic E-state index is 0.297. The number of hydrogen-bond acceptors (Lipinski definition) is 4. The van der Waals surface area contributed by atoms with Gasteiger partial charge in [0, 0.05) is 23.3 Å². The third kappa shape index (κ3) is 3.29. The minimum Gasteiger partial charge on any atom is -0.269 e. The highest BCUT2D eigenvalue weighted by Crippen LogP contribution is 2.25. The van der Waals surface area contributed by atoms with Crippen molar-refractivity contribution >= 4 is 35.0 Å². The Morgan fingerprint density at radius 3 is 1.21 bits per heavy atom. The number of rotatable bonds is 4. The van der Waals surface area contributed by atoms with Crippen LogP contribution in [-0.2, 0) is 25.6 Å². The summed E-state index contributed by atoms with van der Waals surface area (Å²) in [5.74, 6) is -1.25. The molecule has 0 fully saturated rings. The highest BCUT2D eigenvalue weighted by atomic mass is 16.2. The van der Waals surface area contributed by atoms with Crippen molar-refractivity contribution in [3.05, 3.63) is 83.0 Å². The summed E-state index contributed by atoms with van der Waals surface area (Å²) in [7, 11) is 0. The van der Waals surface area contributed by atoms with Gasteiger partial charge in [0.05, 0.1) is 11.4 Å². The summed E-state index contributed by atoms with van der Waals surface area (Å²) in [4.78, 5) is 50.4. The quantitative estimate of drug-likeness (QED) is 0.758. The van der Waals surface area contributed by atoms with Crippen molar-refractivity contribution in [3.63, 3.8) is 0 Å². The van der Waals surface area contributed by atoms with Crippen molar-refractivity contribution in [3.8, 4) is 0 Å². The van der Waals surface area contributed by atoms with Crippen LogP contribution in [0.15, 0.2) is 71.8 Å². The molecule has 2 aromatic carbocycles. The first-order valence-corrected chi connectivity index (χ1v) is 9.16. The van der Waals surface area contributed by atoms with E-state index >= 15 is 0 Å². The van der Waals surface area contributed by atoms with Crippen molar-refractivity contribution in [2.75, 3.05) is 9.80 Å². The molecule has 0 atom stereocenters. The monoisotopic (exact) mass is 386 g/mol. The first-order valence-electron chi connectivity index (χ1n) is 9.16. The van der Waals surface area contributed by atoms with Crippen molar-refractivity contribution in [1.29, 1.82) is 0 Å². The van der Waals surface area contributed by atoms with E-state index in [1.165, 1.54) is 12.2 Å². The molecular formula is C23H18N2O4. The van der Waals surface area contributed by atoms with Gasteiger partial charge in [-0.25, -0.2) is 9.80 Å². The summed E-state index contributed by atoms with van der Waals surface area (Å²) >= 11 is 0. The maximum Gasteiger partial charge on any atom is 0.261 e. The number of amides is 4. The molecule has 0 saturated heterocycles. The highest BCUT2D eigenvalue weighted by molar-refractivity contribution is 6.31. The van der Waals surface area contributed by atoms with Crippen molar-refractivity contribution in [1.82, 2.24) is 0 Å². The number of nitrogens with zero attached hydrogens (tertiary/aromatic N) is 2. The van der Waals surface area contributed by atoms with Gasteiger partial charge in [-0.1, -0.05) is 24.3 Å². The summed E-state index contributed by atoms with van der Waals surface area (Å²) in [6.07, 6.45) is 3.31. The molecule has 6 nitrogen and oxygen atoms in total. The van der Waals surface area contributed by atoms with Crippen molar-refractivity contribution < 1.29 is 19.2 Å². The maximum atomic E-state index is 12.1. The maximum absolute atomic E-state index is 12.1. The van der Waals surface area contributed by atoms with Gasteiger partial charge in [0.25, 0.3) is 23.6 Å². The lowest BCUT2D eigenvalue weighted by molar-refractivity contribution is -0.121. The van der Waals surface area contributed by atoms with Crippen molar-refractivity contribution in [2.45, 2.75) is 20.3 Å². The lowest BCUT2D eigenvalue weighted by Crippen LogP contribution is -2.30. The van der Waals surface area contributed by atoms with Crippen LogP contribution < -0.4 is 9.80 Å². The van der Waals surface area contributed by atoms with Gasteiger partial charge < -0.3 is 0 Å². The lowest BCUT2D eigenvalue weighted by atomic mass is 10.0. The van der Waals surface area contributed by atoms with Gasteiger partial charge in [-0.15, -0.1) is 0 Å². The summed E-state index contributed by atoms with van der Waals surface area (Å²) in [5.41, 5.74) is 3.97. The zero-order valence-corrected chi connectivity index (χ0v) is 16.0. The van der Waals surface area contributed by atoms with Gasteiger partial charge in [0.15, 0.2) is 0 Å². The Balaban J connectivity index is 1.46. The molecule has 2 aliphatic rings. The standard InChI is InChI=1S/C23H18N2O4/c1-14-11-20(26)24(22(14)28)18-7-3-16(4-8-18)13-17-5-9-19(10-6-17)25-21(27)12-15(2)23(25)29/h3-12H,13H2,1-2H3. The normalized spacial score (nSPS) is 16.6. The number of hydrogen-bond donors (Lipinski definition) is 0. The molecule has 0 aromatic heterocycles. The molecule has 0 spiro atoms. The zero-order chi connectivity index (χ0) is 20.7. The third-order valence-corrected chi connectivity index (χ3v) is 5.00. The molecule has 4 amide bonds. The molecule has 0 aliphatic carbocycles. The van der Waals surface area contributed by atoms with E-state index in [2.05, 4.69) is 0 Å². The first-order chi connectivity index (χ1) is 13.8. The molecule has 6 heteroatoms. The third-order valence-electron chi connectivity index (χ3n) is 5.00. The van der Waals surface area contributed by atoms with Crippen LogP contribution in [0.1, 0.15) is 25.0 Å². The number of benzene rings is 2. The van der Waals surface area contributed by atoms with Gasteiger partial charge in [-0.05, 0) is 55.7 Å². The lowest BCUT2D eigenvalue weighted by Gasteiger charge is -2.16. The topological polar surface area (TPSA) is 74.8 Å². The van der Waals surface area contributed by atoms with Crippen LogP contribution in [0, 0.1) is 0 Å². The molecule has 29 heavy (non-hydrogen) atoms. The van der Waals surface area contributed by atoms with Gasteiger partial charge in [-0.3, -0.25) is 19.2 Å². The highest BCUT2D eigenvalue weighted by Gasteiger charge is 2.30. The molecule has 4 rings (SSSR count). The van der Waals surface area contributed by atoms with Gasteiger partial charge in [0.2, 0.25) is 0 Å². The largest absolute Gasteiger partial charge is 0.269 e. The molecule has 0 N–H and O–H groups in total. The number of imide groups is 2. The Bertz CT molecular complexity index is 1020. The van der Waals surface area contributed by atoms with E-state index < -0.39 is 0 Å². The second-order valence-electron chi connectivity index (χ2n) is 7.12. The molecule has 2 heterocycles. The summed E-state index contributed by atoms with van der Waals surface area (Å²) in [6.45, 7) is 3.25. The van der Waals surface area contributed by atoms with Gasteiger partial charge in [0.1, 0.15) is 0 Å². The fraction of sp³-hybridized carbons (Fsp3) is 0.130. The Hall–Kier alpha value is -3.80. The number of carbonyl (C=O) groups is 4. The van der Waals surface area contributed by atoms with E-state index in [9.17, 15) is 19.2 Å². The SMILES string of the molecule is CC1=CC(=O)N(c2ccc(Cc3ccc(N4C(=O)C=C(C)C4=O)cc3)cc2)C1=O. The number of carbonyl (C=O) groups excluding carboxylic acids is 4. The predicted octanol–water partition coefficient (Wildman–Crippen LogP) is 2.92. The van der Waals surface area contributed by atoms with E-state index in [4.69, 9.17) is 0 Å². The van der Waals surface area contributed by atoms with E-state index in [-0.39, 0.29) is 23.6 Å². The molecule has 0 radical (unpaired) electrons. The van der Waals surface area contributed by atoms with Gasteiger partial charge >= 0.3 is 0 Å². The van der Waals surface area contributed by atoms with Crippen LogP contribution >= 0.6 is 0 Å². The average molecular weight is 386 g/mol. The Kier molecular flexibility index (Phi) is 4.47. The molecule has 0 bridgehead atoms. The molecule has 0 saturated carbocycles. The average Bonchev–Trinajstić information content (AvgIpc) is 3.10. The van der Waals surface area contributed by atoms with Crippen LogP contribution in [0.25, 0.3) is 0 Å². The second-order valence-corrected chi connectivity index (χ2v) is 7.12. The first kappa shape index (κ1) is 18.6. The fourth-order valence-corrected chi connectivity index (χ4v) is 3.43. The van der Waals surface area contributed by atoms with E-state index in [0.717, 1.165) is 20.9 Å². The number of anilines is 2. The summed E-state index contributed by atoms with van der Waals surface area (Å²) in [6, 6.07) is 14.5. The van der Waals surface area contributed by atoms with E-state index in [1.54, 1.807) is 38.1 Å². The summed E-state index contributed by atoms with van der Waals surface area (Å²) < 4.78 is 0. The minimum atomic E-state index is -0.327. The van der Waals surface area contributed by atoms with Crippen LogP contribution in [0.5, 0.6) is 0 Å².